The molecule has 2 heterocycles. The number of fused-ring (bicyclic) bond motifs is 1. The van der Waals surface area contributed by atoms with E-state index in [0.29, 0.717) is 5.29 Å². The van der Waals surface area contributed by atoms with E-state index in [-0.39, 0.29) is 5.97 Å². The summed E-state index contributed by atoms with van der Waals surface area (Å²) in [5.41, 5.74) is 3.84. The molecule has 0 radical (unpaired) electrons. The largest absolute Gasteiger partial charge is 0.465 e. The van der Waals surface area contributed by atoms with E-state index in [4.69, 9.17) is 9.15 Å². The Morgan fingerprint density at radius 2 is 1.32 bits per heavy atom. The van der Waals surface area contributed by atoms with Crippen LogP contribution in [0.5, 0.6) is 0 Å². The van der Waals surface area contributed by atoms with E-state index in [1.807, 2.05) is 78.9 Å². The topological polar surface area (TPSA) is 39.4 Å². The second-order valence-corrected chi connectivity index (χ2v) is 10.5. The Hall–Kier alpha value is -3.55. The standard InChI is InChI=1S/C27H21O3P/c1-29-26(28)25-19-24(20-11-5-2-6-12-20)23-17-18-30-27(23)31(25,21-13-7-3-8-14-21)22-15-9-4-10-16-22/h2-19H,1H3. The molecule has 0 fully saturated rings. The molecule has 1 aliphatic rings. The van der Waals surface area contributed by atoms with Gasteiger partial charge in [0.05, 0.1) is 18.7 Å². The second-order valence-electron chi connectivity index (χ2n) is 7.28. The third-order valence-corrected chi connectivity index (χ3v) is 9.78. The Labute approximate surface area is 181 Å². The number of methoxy groups -OCH3 is 1. The number of rotatable bonds is 4. The zero-order valence-electron chi connectivity index (χ0n) is 17.1. The Bertz CT molecular complexity index is 1270. The second kappa shape index (κ2) is 7.94. The summed E-state index contributed by atoms with van der Waals surface area (Å²) < 4.78 is 11.6. The molecule has 31 heavy (non-hydrogen) atoms. The number of benzene rings is 3. The van der Waals surface area contributed by atoms with Gasteiger partial charge in [0.25, 0.3) is 0 Å². The fourth-order valence-corrected chi connectivity index (χ4v) is 8.55. The summed E-state index contributed by atoms with van der Waals surface area (Å²) in [6.45, 7) is -2.58. The molecule has 4 aromatic rings. The van der Waals surface area contributed by atoms with Crippen LogP contribution in [0.2, 0.25) is 0 Å². The van der Waals surface area contributed by atoms with Gasteiger partial charge < -0.3 is 9.15 Å². The molecule has 0 bridgehead atoms. The number of ether oxygens (including phenoxy) is 1. The Kier molecular flexibility index (Phi) is 4.97. The molecule has 0 amide bonds. The van der Waals surface area contributed by atoms with Gasteiger partial charge >= 0.3 is 5.97 Å². The van der Waals surface area contributed by atoms with Crippen LogP contribution >= 0.6 is 6.89 Å². The third-order valence-electron chi connectivity index (χ3n) is 5.65. The summed E-state index contributed by atoms with van der Waals surface area (Å²) in [4.78, 5) is 13.3. The van der Waals surface area contributed by atoms with E-state index in [2.05, 4.69) is 24.3 Å². The van der Waals surface area contributed by atoms with Crippen LogP contribution in [-0.2, 0) is 9.53 Å². The predicted octanol–water partition coefficient (Wildman–Crippen LogP) is 4.36. The van der Waals surface area contributed by atoms with Crippen LogP contribution < -0.4 is 16.1 Å². The number of furan rings is 1. The predicted molar refractivity (Wildman–Crippen MR) is 128 cm³/mol. The van der Waals surface area contributed by atoms with Gasteiger partial charge in [0.2, 0.25) is 0 Å². The van der Waals surface area contributed by atoms with Crippen LogP contribution in [-0.4, -0.2) is 18.4 Å². The molecule has 5 rings (SSSR count). The molecule has 0 unspecified atom stereocenters. The number of carbonyl (C=O) groups is 1. The summed E-state index contributed by atoms with van der Waals surface area (Å²) in [6.07, 6.45) is 3.73. The molecule has 1 aliphatic heterocycles. The fraction of sp³-hybridized carbons (Fsp3) is 0.0370. The molecular weight excluding hydrogens is 403 g/mol. The first-order chi connectivity index (χ1) is 15.3. The molecule has 0 aliphatic carbocycles. The molecule has 0 saturated carbocycles. The van der Waals surface area contributed by atoms with E-state index < -0.39 is 6.89 Å². The van der Waals surface area contributed by atoms with Gasteiger partial charge in [-0.2, -0.15) is 0 Å². The van der Waals surface area contributed by atoms with Crippen LogP contribution in [0, 0.1) is 0 Å². The van der Waals surface area contributed by atoms with Crippen molar-refractivity contribution in [1.82, 2.24) is 0 Å². The highest BCUT2D eigenvalue weighted by Gasteiger charge is 2.40. The van der Waals surface area contributed by atoms with E-state index in [1.54, 1.807) is 6.26 Å². The first kappa shape index (κ1) is 19.4. The Balaban J connectivity index is 2.00. The van der Waals surface area contributed by atoms with Gasteiger partial charge in [-0.3, -0.25) is 0 Å². The van der Waals surface area contributed by atoms with Gasteiger partial charge in [0.15, 0.2) is 0 Å². The van der Waals surface area contributed by atoms with Crippen LogP contribution in [0.15, 0.2) is 114 Å². The van der Waals surface area contributed by atoms with E-state index in [9.17, 15) is 4.79 Å². The van der Waals surface area contributed by atoms with Gasteiger partial charge in [0, 0.05) is 12.4 Å². The maximum absolute atomic E-state index is 13.3. The lowest BCUT2D eigenvalue weighted by molar-refractivity contribution is -0.132. The summed E-state index contributed by atoms with van der Waals surface area (Å²) in [5, 5.41) is 2.75. The monoisotopic (exact) mass is 424 g/mol. The highest BCUT2D eigenvalue weighted by atomic mass is 31.2. The van der Waals surface area contributed by atoms with Crippen LogP contribution in [0.1, 0.15) is 11.1 Å². The number of hydrogen-bond acceptors (Lipinski definition) is 3. The first-order valence-corrected chi connectivity index (χ1v) is 11.9. The van der Waals surface area contributed by atoms with E-state index in [0.717, 1.165) is 32.8 Å². The van der Waals surface area contributed by atoms with Crippen LogP contribution in [0.3, 0.4) is 0 Å². The summed E-state index contributed by atoms with van der Waals surface area (Å²) in [6, 6.07) is 32.4. The van der Waals surface area contributed by atoms with Crippen LogP contribution in [0.4, 0.5) is 0 Å². The van der Waals surface area contributed by atoms with Gasteiger partial charge in [-0.1, -0.05) is 91.0 Å². The SMILES string of the molecule is COC(=O)C1=P(c2ccccc2)(c2ccccc2)c2occc2C(c2ccccc2)=C1. The lowest BCUT2D eigenvalue weighted by Gasteiger charge is -2.32. The highest BCUT2D eigenvalue weighted by Crippen LogP contribution is 2.51. The summed E-state index contributed by atoms with van der Waals surface area (Å²) >= 11 is 0. The first-order valence-electron chi connectivity index (χ1n) is 10.1. The zero-order chi connectivity index (χ0) is 21.3. The molecule has 0 atom stereocenters. The minimum Gasteiger partial charge on any atom is -0.465 e. The molecule has 0 saturated heterocycles. The normalized spacial score (nSPS) is 14.5. The minimum absolute atomic E-state index is 0.337. The summed E-state index contributed by atoms with van der Waals surface area (Å²) in [7, 11) is 1.44. The molecule has 1 aromatic heterocycles. The number of hydrogen-bond donors (Lipinski definition) is 0. The van der Waals surface area contributed by atoms with Crippen molar-refractivity contribution in [3.63, 3.8) is 0 Å². The average Bonchev–Trinajstić information content (AvgIpc) is 3.34. The van der Waals surface area contributed by atoms with Crippen molar-refractivity contribution >= 4 is 39.8 Å². The molecule has 4 heteroatoms. The maximum atomic E-state index is 13.3. The minimum atomic E-state index is -2.58. The maximum Gasteiger partial charge on any atom is 0.339 e. The van der Waals surface area contributed by atoms with Gasteiger partial charge in [-0.15, -0.1) is 0 Å². The lowest BCUT2D eigenvalue weighted by Crippen LogP contribution is -2.36. The van der Waals surface area contributed by atoms with Gasteiger partial charge in [0.1, 0.15) is 5.50 Å². The summed E-state index contributed by atoms with van der Waals surface area (Å²) in [5.74, 6) is -0.337. The van der Waals surface area contributed by atoms with E-state index >= 15 is 0 Å². The highest BCUT2D eigenvalue weighted by molar-refractivity contribution is 7.96. The van der Waals surface area contributed by atoms with Crippen LogP contribution in [0.25, 0.3) is 5.57 Å². The average molecular weight is 424 g/mol. The van der Waals surface area contributed by atoms with Crippen molar-refractivity contribution in [3.8, 4) is 0 Å². The number of esters is 1. The Morgan fingerprint density at radius 3 is 1.87 bits per heavy atom. The molecular formula is C27H21O3P. The molecule has 3 aromatic carbocycles. The van der Waals surface area contributed by atoms with Crippen molar-refractivity contribution in [2.24, 2.45) is 0 Å². The van der Waals surface area contributed by atoms with Crippen molar-refractivity contribution in [3.05, 3.63) is 121 Å². The van der Waals surface area contributed by atoms with Gasteiger partial charge in [-0.05, 0) is 33.9 Å². The molecule has 0 spiro atoms. The Morgan fingerprint density at radius 1 is 0.774 bits per heavy atom. The van der Waals surface area contributed by atoms with Crippen molar-refractivity contribution in [1.29, 1.82) is 0 Å². The fourth-order valence-electron chi connectivity index (χ4n) is 4.31. The van der Waals surface area contributed by atoms with Crippen molar-refractivity contribution in [2.75, 3.05) is 7.11 Å². The molecule has 3 nitrogen and oxygen atoms in total. The number of carbonyl (C=O) groups excluding carboxylic acids is 1. The van der Waals surface area contributed by atoms with Crippen molar-refractivity contribution in [2.45, 2.75) is 0 Å². The smallest absolute Gasteiger partial charge is 0.339 e. The van der Waals surface area contributed by atoms with E-state index in [1.165, 1.54) is 7.11 Å². The van der Waals surface area contributed by atoms with Gasteiger partial charge in [-0.25, -0.2) is 4.79 Å². The third kappa shape index (κ3) is 3.01. The molecule has 0 N–H and O–H groups in total. The zero-order valence-corrected chi connectivity index (χ0v) is 18.0. The van der Waals surface area contributed by atoms with Crippen molar-refractivity contribution < 1.29 is 13.9 Å². The molecule has 152 valence electrons. The lowest BCUT2D eigenvalue weighted by atomic mass is 9.99. The quantitative estimate of drug-likeness (QED) is 0.361.